The number of benzene rings is 2. The maximum Gasteiger partial charge on any atom is 0.242 e. The molecule has 0 heterocycles. The number of methoxy groups -OCH3 is 1. The molecule has 0 saturated carbocycles. The van der Waals surface area contributed by atoms with Crippen LogP contribution in [0, 0.1) is 12.8 Å². The largest absolute Gasteiger partial charge is 0.497 e. The first kappa shape index (κ1) is 25.8. The summed E-state index contributed by atoms with van der Waals surface area (Å²) in [4.78, 5) is 29.1. The van der Waals surface area contributed by atoms with Crippen molar-refractivity contribution in [3.8, 4) is 5.75 Å². The second-order valence-corrected chi connectivity index (χ2v) is 9.51. The summed E-state index contributed by atoms with van der Waals surface area (Å²) in [5, 5.41) is 3.00. The molecular formula is C26H36N2O3S. The summed E-state index contributed by atoms with van der Waals surface area (Å²) in [6.45, 7) is 9.13. The van der Waals surface area contributed by atoms with Crippen molar-refractivity contribution in [3.63, 3.8) is 0 Å². The van der Waals surface area contributed by atoms with Crippen molar-refractivity contribution in [2.45, 2.75) is 58.0 Å². The Morgan fingerprint density at radius 1 is 1.06 bits per heavy atom. The molecule has 1 N–H and O–H groups in total. The standard InChI is InChI=1S/C26H36N2O3S/c1-6-24(26(30)27-17-19(2)3)28(18-21-9-11-22(31-5)12-10-21)25(29)15-16-32-23-13-7-20(4)8-14-23/h7-14,19,24H,6,15-18H2,1-5H3,(H,27,30)/t24-/m1/s1. The summed E-state index contributed by atoms with van der Waals surface area (Å²) in [6, 6.07) is 15.5. The molecule has 2 rings (SSSR count). The normalized spacial score (nSPS) is 11.8. The number of nitrogens with zero attached hydrogens (tertiary/aromatic N) is 1. The van der Waals surface area contributed by atoms with Crippen molar-refractivity contribution < 1.29 is 14.3 Å². The third kappa shape index (κ3) is 8.23. The van der Waals surface area contributed by atoms with Crippen LogP contribution in [0.3, 0.4) is 0 Å². The predicted molar refractivity (Wildman–Crippen MR) is 132 cm³/mol. The Morgan fingerprint density at radius 2 is 1.72 bits per heavy atom. The van der Waals surface area contributed by atoms with Crippen LogP contribution >= 0.6 is 11.8 Å². The lowest BCUT2D eigenvalue weighted by Gasteiger charge is -2.31. The quantitative estimate of drug-likeness (QED) is 0.453. The highest BCUT2D eigenvalue weighted by molar-refractivity contribution is 7.99. The molecule has 0 unspecified atom stereocenters. The first-order chi connectivity index (χ1) is 15.3. The van der Waals surface area contributed by atoms with Gasteiger partial charge in [0.05, 0.1) is 7.11 Å². The van der Waals surface area contributed by atoms with Crippen LogP contribution < -0.4 is 10.1 Å². The minimum Gasteiger partial charge on any atom is -0.497 e. The Morgan fingerprint density at radius 3 is 2.28 bits per heavy atom. The molecular weight excluding hydrogens is 420 g/mol. The molecule has 0 bridgehead atoms. The topological polar surface area (TPSA) is 58.6 Å². The Labute approximate surface area is 196 Å². The summed E-state index contributed by atoms with van der Waals surface area (Å²) < 4.78 is 5.24. The lowest BCUT2D eigenvalue weighted by molar-refractivity contribution is -0.141. The van der Waals surface area contributed by atoms with Gasteiger partial charge in [-0.1, -0.05) is 50.6 Å². The SMILES string of the molecule is CC[C@H](C(=O)NCC(C)C)N(Cc1ccc(OC)cc1)C(=O)CCSc1ccc(C)cc1. The zero-order chi connectivity index (χ0) is 23.5. The summed E-state index contributed by atoms with van der Waals surface area (Å²) >= 11 is 1.66. The van der Waals surface area contributed by atoms with Crippen LogP contribution in [0.4, 0.5) is 0 Å². The molecule has 0 aromatic heterocycles. The maximum absolute atomic E-state index is 13.3. The number of hydrogen-bond acceptors (Lipinski definition) is 4. The highest BCUT2D eigenvalue weighted by Crippen LogP contribution is 2.21. The van der Waals surface area contributed by atoms with Gasteiger partial charge in [0.2, 0.25) is 11.8 Å². The fourth-order valence-corrected chi connectivity index (χ4v) is 4.14. The number of carbonyl (C=O) groups excluding carboxylic acids is 2. The first-order valence-corrected chi connectivity index (χ1v) is 12.2. The Hall–Kier alpha value is -2.47. The average Bonchev–Trinajstić information content (AvgIpc) is 2.79. The lowest BCUT2D eigenvalue weighted by atomic mass is 10.1. The molecule has 5 nitrogen and oxygen atoms in total. The van der Waals surface area contributed by atoms with Crippen LogP contribution in [0.25, 0.3) is 0 Å². The van der Waals surface area contributed by atoms with Crippen LogP contribution in [0.15, 0.2) is 53.4 Å². The molecule has 0 aliphatic heterocycles. The van der Waals surface area contributed by atoms with Crippen molar-refractivity contribution in [1.29, 1.82) is 0 Å². The fourth-order valence-electron chi connectivity index (χ4n) is 3.30. The number of amides is 2. The van der Waals surface area contributed by atoms with Crippen molar-refractivity contribution in [2.24, 2.45) is 5.92 Å². The molecule has 174 valence electrons. The summed E-state index contributed by atoms with van der Waals surface area (Å²) in [6.07, 6.45) is 0.944. The zero-order valence-electron chi connectivity index (χ0n) is 19.9. The Bertz CT molecular complexity index is 850. The third-order valence-electron chi connectivity index (χ3n) is 5.19. The second kappa shape index (κ2) is 13.2. The zero-order valence-corrected chi connectivity index (χ0v) is 20.7. The number of thioether (sulfide) groups is 1. The van der Waals surface area contributed by atoms with E-state index >= 15 is 0 Å². The Kier molecular flexibility index (Phi) is 10.6. The van der Waals surface area contributed by atoms with E-state index in [0.717, 1.165) is 16.2 Å². The van der Waals surface area contributed by atoms with Gasteiger partial charge < -0.3 is 15.0 Å². The summed E-state index contributed by atoms with van der Waals surface area (Å²) in [5.41, 5.74) is 2.19. The number of nitrogens with one attached hydrogen (secondary N) is 1. The van der Waals surface area contributed by atoms with Gasteiger partial charge in [-0.05, 0) is 49.1 Å². The van der Waals surface area contributed by atoms with Crippen molar-refractivity contribution in [1.82, 2.24) is 10.2 Å². The molecule has 0 saturated heterocycles. The smallest absolute Gasteiger partial charge is 0.242 e. The van der Waals surface area contributed by atoms with E-state index < -0.39 is 6.04 Å². The van der Waals surface area contributed by atoms with Crippen LogP contribution in [0.2, 0.25) is 0 Å². The van der Waals surface area contributed by atoms with E-state index in [1.807, 2.05) is 31.2 Å². The van der Waals surface area contributed by atoms with Gasteiger partial charge in [0.1, 0.15) is 11.8 Å². The molecule has 2 amide bonds. The first-order valence-electron chi connectivity index (χ1n) is 11.2. The van der Waals surface area contributed by atoms with Gasteiger partial charge in [0.15, 0.2) is 0 Å². The van der Waals surface area contributed by atoms with Gasteiger partial charge in [0.25, 0.3) is 0 Å². The Balaban J connectivity index is 2.11. The van der Waals surface area contributed by atoms with E-state index in [4.69, 9.17) is 4.74 Å². The molecule has 2 aromatic carbocycles. The highest BCUT2D eigenvalue weighted by Gasteiger charge is 2.28. The van der Waals surface area contributed by atoms with Crippen molar-refractivity contribution in [2.75, 3.05) is 19.4 Å². The van der Waals surface area contributed by atoms with Gasteiger partial charge in [-0.3, -0.25) is 9.59 Å². The minimum atomic E-state index is -0.493. The molecule has 0 aliphatic carbocycles. The van der Waals surface area contributed by atoms with E-state index in [1.54, 1.807) is 23.8 Å². The number of hydrogen-bond donors (Lipinski definition) is 1. The van der Waals surface area contributed by atoms with Crippen LogP contribution in [0.5, 0.6) is 5.75 Å². The number of rotatable bonds is 12. The van der Waals surface area contributed by atoms with E-state index in [0.29, 0.717) is 37.6 Å². The second-order valence-electron chi connectivity index (χ2n) is 8.34. The van der Waals surface area contributed by atoms with E-state index in [9.17, 15) is 9.59 Å². The molecule has 1 atom stereocenters. The number of carbonyl (C=O) groups is 2. The van der Waals surface area contributed by atoms with Gasteiger partial charge in [0, 0.05) is 30.2 Å². The summed E-state index contributed by atoms with van der Waals surface area (Å²) in [7, 11) is 1.63. The van der Waals surface area contributed by atoms with Crippen LogP contribution in [-0.4, -0.2) is 42.2 Å². The third-order valence-corrected chi connectivity index (χ3v) is 6.20. The number of aryl methyl sites for hydroxylation is 1. The summed E-state index contributed by atoms with van der Waals surface area (Å²) in [5.74, 6) is 1.70. The van der Waals surface area contributed by atoms with Crippen molar-refractivity contribution >= 4 is 23.6 Å². The average molecular weight is 457 g/mol. The monoisotopic (exact) mass is 456 g/mol. The molecule has 6 heteroatoms. The minimum absolute atomic E-state index is 0.00743. The van der Waals surface area contributed by atoms with Crippen LogP contribution in [-0.2, 0) is 16.1 Å². The van der Waals surface area contributed by atoms with Gasteiger partial charge in [-0.25, -0.2) is 0 Å². The van der Waals surface area contributed by atoms with Gasteiger partial charge >= 0.3 is 0 Å². The molecule has 2 aromatic rings. The lowest BCUT2D eigenvalue weighted by Crippen LogP contribution is -2.49. The number of ether oxygens (including phenoxy) is 1. The van der Waals surface area contributed by atoms with E-state index in [1.165, 1.54) is 5.56 Å². The van der Waals surface area contributed by atoms with Crippen molar-refractivity contribution in [3.05, 3.63) is 59.7 Å². The highest BCUT2D eigenvalue weighted by atomic mass is 32.2. The van der Waals surface area contributed by atoms with E-state index in [2.05, 4.69) is 50.4 Å². The van der Waals surface area contributed by atoms with E-state index in [-0.39, 0.29) is 11.8 Å². The maximum atomic E-state index is 13.3. The van der Waals surface area contributed by atoms with Gasteiger partial charge in [-0.15, -0.1) is 11.8 Å². The molecule has 0 fully saturated rings. The molecule has 0 radical (unpaired) electrons. The predicted octanol–water partition coefficient (Wildman–Crippen LogP) is 5.07. The molecule has 0 spiro atoms. The molecule has 32 heavy (non-hydrogen) atoms. The fraction of sp³-hybridized carbons (Fsp3) is 0.462. The molecule has 0 aliphatic rings. The van der Waals surface area contributed by atoms with Gasteiger partial charge in [-0.2, -0.15) is 0 Å². The van der Waals surface area contributed by atoms with Crippen LogP contribution in [0.1, 0.15) is 44.7 Å².